The van der Waals surface area contributed by atoms with Crippen LogP contribution in [0.25, 0.3) is 0 Å². The highest BCUT2D eigenvalue weighted by atomic mass is 35.7. The number of carbonyl (C=O) groups excluding carboxylic acids is 1. The molecule has 0 unspecified atom stereocenters. The maximum atomic E-state index is 11.9. The molecule has 0 aromatic carbocycles. The van der Waals surface area contributed by atoms with Crippen molar-refractivity contribution < 1.29 is 17.9 Å². The van der Waals surface area contributed by atoms with E-state index in [0.29, 0.717) is 0 Å². The van der Waals surface area contributed by atoms with Crippen LogP contribution in [0.4, 0.5) is 0 Å². The third-order valence-corrected chi connectivity index (χ3v) is 4.95. The first-order chi connectivity index (χ1) is 9.95. The van der Waals surface area contributed by atoms with Crippen molar-refractivity contribution in [2.45, 2.75) is 56.5 Å². The first-order valence-electron chi connectivity index (χ1n) is 7.14. The molecule has 1 aliphatic carbocycles. The van der Waals surface area contributed by atoms with Crippen LogP contribution in [0.3, 0.4) is 0 Å². The van der Waals surface area contributed by atoms with Crippen molar-refractivity contribution in [2.75, 3.05) is 6.61 Å². The number of carbonyl (C=O) groups is 1. The van der Waals surface area contributed by atoms with Crippen LogP contribution in [-0.4, -0.2) is 30.8 Å². The van der Waals surface area contributed by atoms with Gasteiger partial charge in [0.15, 0.2) is 5.03 Å². The van der Waals surface area contributed by atoms with Gasteiger partial charge in [0.25, 0.3) is 9.05 Å². The molecular weight excluding hydrogens is 316 g/mol. The van der Waals surface area contributed by atoms with Gasteiger partial charge in [-0.25, -0.2) is 17.9 Å². The van der Waals surface area contributed by atoms with E-state index in [1.54, 1.807) is 6.92 Å². The van der Waals surface area contributed by atoms with Crippen LogP contribution >= 0.6 is 10.7 Å². The van der Waals surface area contributed by atoms with Crippen LogP contribution in [-0.2, 0) is 13.8 Å². The molecule has 8 heteroatoms. The van der Waals surface area contributed by atoms with E-state index in [0.717, 1.165) is 38.5 Å². The first kappa shape index (κ1) is 16.3. The summed E-state index contributed by atoms with van der Waals surface area (Å²) in [6, 6.07) is -0.0424. The number of halogens is 1. The van der Waals surface area contributed by atoms with Gasteiger partial charge in [-0.1, -0.05) is 25.7 Å². The standard InChI is InChI=1S/C13H19ClN2O4S/c1-2-20-13(17)11-9-15-16(12(11)21(14,18)19)10-7-5-3-4-6-8-10/h9-10H,2-8H2,1H3. The summed E-state index contributed by atoms with van der Waals surface area (Å²) >= 11 is 0. The maximum Gasteiger partial charge on any atom is 0.342 e. The Kier molecular flexibility index (Phi) is 5.27. The van der Waals surface area contributed by atoms with Crippen LogP contribution in [0.5, 0.6) is 0 Å². The van der Waals surface area contributed by atoms with E-state index < -0.39 is 15.0 Å². The normalized spacial score (nSPS) is 17.4. The molecule has 0 bridgehead atoms. The Bertz CT molecular complexity index is 604. The lowest BCUT2D eigenvalue weighted by Crippen LogP contribution is -2.17. The highest BCUT2D eigenvalue weighted by Crippen LogP contribution is 2.31. The molecule has 1 aromatic rings. The highest BCUT2D eigenvalue weighted by molar-refractivity contribution is 8.13. The number of ether oxygens (including phenoxy) is 1. The third-order valence-electron chi connectivity index (χ3n) is 3.65. The molecular formula is C13H19ClN2O4S. The summed E-state index contributed by atoms with van der Waals surface area (Å²) < 4.78 is 30.0. The zero-order valence-electron chi connectivity index (χ0n) is 11.9. The first-order valence-corrected chi connectivity index (χ1v) is 9.45. The Morgan fingerprint density at radius 3 is 2.52 bits per heavy atom. The second-order valence-corrected chi connectivity index (χ2v) is 7.59. The van der Waals surface area contributed by atoms with Crippen LogP contribution < -0.4 is 0 Å². The molecule has 0 atom stereocenters. The smallest absolute Gasteiger partial charge is 0.342 e. The van der Waals surface area contributed by atoms with Crippen LogP contribution in [0.1, 0.15) is 61.8 Å². The lowest BCUT2D eigenvalue weighted by Gasteiger charge is -2.17. The zero-order chi connectivity index (χ0) is 15.5. The Balaban J connectivity index is 2.44. The van der Waals surface area contributed by atoms with Crippen molar-refractivity contribution in [1.82, 2.24) is 9.78 Å². The minimum atomic E-state index is -4.07. The fourth-order valence-corrected chi connectivity index (χ4v) is 3.99. The zero-order valence-corrected chi connectivity index (χ0v) is 13.5. The molecule has 1 aromatic heterocycles. The van der Waals surface area contributed by atoms with Gasteiger partial charge in [-0.05, 0) is 19.8 Å². The lowest BCUT2D eigenvalue weighted by atomic mass is 10.1. The van der Waals surface area contributed by atoms with E-state index in [1.165, 1.54) is 10.9 Å². The van der Waals surface area contributed by atoms with Gasteiger partial charge < -0.3 is 4.74 Å². The molecule has 1 heterocycles. The van der Waals surface area contributed by atoms with Crippen molar-refractivity contribution >= 4 is 25.7 Å². The van der Waals surface area contributed by atoms with Crippen molar-refractivity contribution in [3.8, 4) is 0 Å². The van der Waals surface area contributed by atoms with E-state index in [4.69, 9.17) is 15.4 Å². The fourth-order valence-electron chi connectivity index (χ4n) is 2.71. The molecule has 2 rings (SSSR count). The predicted molar refractivity (Wildman–Crippen MR) is 78.0 cm³/mol. The van der Waals surface area contributed by atoms with Gasteiger partial charge in [0.05, 0.1) is 18.8 Å². The summed E-state index contributed by atoms with van der Waals surface area (Å²) in [5, 5.41) is 3.86. The molecule has 21 heavy (non-hydrogen) atoms. The second-order valence-electron chi connectivity index (χ2n) is 5.11. The highest BCUT2D eigenvalue weighted by Gasteiger charge is 2.31. The van der Waals surface area contributed by atoms with Gasteiger partial charge in [0.1, 0.15) is 5.56 Å². The molecule has 0 spiro atoms. The van der Waals surface area contributed by atoms with Crippen molar-refractivity contribution in [2.24, 2.45) is 0 Å². The van der Waals surface area contributed by atoms with Crippen LogP contribution in [0.2, 0.25) is 0 Å². The summed E-state index contributed by atoms with van der Waals surface area (Å²) in [5.74, 6) is -0.711. The average molecular weight is 335 g/mol. The number of esters is 1. The van der Waals surface area contributed by atoms with Crippen molar-refractivity contribution in [3.05, 3.63) is 11.8 Å². The lowest BCUT2D eigenvalue weighted by molar-refractivity contribution is 0.0521. The molecule has 1 aliphatic rings. The summed E-state index contributed by atoms with van der Waals surface area (Å²) in [5.41, 5.74) is -0.0869. The number of rotatable bonds is 4. The van der Waals surface area contributed by atoms with E-state index >= 15 is 0 Å². The van der Waals surface area contributed by atoms with Gasteiger partial charge in [0, 0.05) is 10.7 Å². The molecule has 6 nitrogen and oxygen atoms in total. The summed E-state index contributed by atoms with van der Waals surface area (Å²) in [6.07, 6.45) is 7.20. The summed E-state index contributed by atoms with van der Waals surface area (Å²) in [6.45, 7) is 1.82. The Hall–Kier alpha value is -1.08. The molecule has 0 saturated heterocycles. The van der Waals surface area contributed by atoms with E-state index in [1.807, 2.05) is 0 Å². The minimum absolute atomic E-state index is 0.0424. The maximum absolute atomic E-state index is 11.9. The number of hydrogen-bond acceptors (Lipinski definition) is 5. The summed E-state index contributed by atoms with van der Waals surface area (Å²) in [7, 11) is 1.44. The molecule has 0 aliphatic heterocycles. The average Bonchev–Trinajstić information content (AvgIpc) is 2.69. The molecule has 0 amide bonds. The largest absolute Gasteiger partial charge is 0.462 e. The Labute approximate surface area is 128 Å². The second kappa shape index (κ2) is 6.79. The van der Waals surface area contributed by atoms with Gasteiger partial charge >= 0.3 is 5.97 Å². The monoisotopic (exact) mass is 334 g/mol. The van der Waals surface area contributed by atoms with Gasteiger partial charge in [-0.3, -0.25) is 0 Å². The number of hydrogen-bond donors (Lipinski definition) is 0. The SMILES string of the molecule is CCOC(=O)c1cnn(C2CCCCCC2)c1S(=O)(=O)Cl. The Morgan fingerprint density at radius 2 is 2.00 bits per heavy atom. The quantitative estimate of drug-likeness (QED) is 0.480. The molecule has 0 radical (unpaired) electrons. The topological polar surface area (TPSA) is 78.3 Å². The van der Waals surface area contributed by atoms with E-state index in [2.05, 4.69) is 5.10 Å². The van der Waals surface area contributed by atoms with Crippen LogP contribution in [0, 0.1) is 0 Å². The van der Waals surface area contributed by atoms with Gasteiger partial charge in [-0.15, -0.1) is 0 Å². The van der Waals surface area contributed by atoms with Crippen molar-refractivity contribution in [3.63, 3.8) is 0 Å². The fraction of sp³-hybridized carbons (Fsp3) is 0.692. The van der Waals surface area contributed by atoms with Crippen LogP contribution in [0.15, 0.2) is 11.2 Å². The van der Waals surface area contributed by atoms with E-state index in [-0.39, 0.29) is 23.2 Å². The molecule has 1 saturated carbocycles. The molecule has 0 N–H and O–H groups in total. The van der Waals surface area contributed by atoms with Crippen molar-refractivity contribution in [1.29, 1.82) is 0 Å². The third kappa shape index (κ3) is 3.77. The number of aromatic nitrogens is 2. The predicted octanol–water partition coefficient (Wildman–Crippen LogP) is 2.88. The molecule has 1 fully saturated rings. The number of nitrogens with zero attached hydrogens (tertiary/aromatic N) is 2. The Morgan fingerprint density at radius 1 is 1.38 bits per heavy atom. The van der Waals surface area contributed by atoms with Gasteiger partial charge in [-0.2, -0.15) is 5.10 Å². The minimum Gasteiger partial charge on any atom is -0.462 e. The molecule has 118 valence electrons. The van der Waals surface area contributed by atoms with Gasteiger partial charge in [0.2, 0.25) is 0 Å². The van der Waals surface area contributed by atoms with E-state index in [9.17, 15) is 13.2 Å². The summed E-state index contributed by atoms with van der Waals surface area (Å²) in [4.78, 5) is 11.9.